The van der Waals surface area contributed by atoms with Crippen molar-refractivity contribution in [2.45, 2.75) is 6.92 Å². The molecule has 2 rings (SSSR count). The van der Waals surface area contributed by atoms with Gasteiger partial charge in [-0.2, -0.15) is 0 Å². The molecule has 3 nitrogen and oxygen atoms in total. The molecule has 1 aromatic heterocycles. The van der Waals surface area contributed by atoms with Crippen LogP contribution in [0.5, 0.6) is 0 Å². The molecule has 0 fully saturated rings. The Balaban J connectivity index is 2.29. The fourth-order valence-corrected chi connectivity index (χ4v) is 1.69. The Morgan fingerprint density at radius 1 is 1.33 bits per heavy atom. The van der Waals surface area contributed by atoms with Crippen molar-refractivity contribution in [3.63, 3.8) is 0 Å². The molecule has 0 unspecified atom stereocenters. The molecule has 0 aliphatic carbocycles. The van der Waals surface area contributed by atoms with Crippen molar-refractivity contribution >= 4 is 23.6 Å². The van der Waals surface area contributed by atoms with Gasteiger partial charge in [0, 0.05) is 16.7 Å². The number of furan rings is 1. The molecular formula is C14H12ClNO2. The summed E-state index contributed by atoms with van der Waals surface area (Å²) in [5, 5.41) is 0.693. The molecule has 18 heavy (non-hydrogen) atoms. The lowest BCUT2D eigenvalue weighted by Crippen LogP contribution is -2.04. The van der Waals surface area contributed by atoms with Crippen LogP contribution in [0.25, 0.3) is 17.4 Å². The minimum atomic E-state index is -0.508. The second-order valence-corrected chi connectivity index (χ2v) is 4.31. The third kappa shape index (κ3) is 2.81. The number of carbonyl (C=O) groups is 1. The third-order valence-corrected chi connectivity index (χ3v) is 2.90. The van der Waals surface area contributed by atoms with Crippen molar-refractivity contribution in [3.8, 4) is 11.3 Å². The van der Waals surface area contributed by atoms with Gasteiger partial charge >= 0.3 is 0 Å². The van der Waals surface area contributed by atoms with E-state index in [1.165, 1.54) is 12.2 Å². The first-order valence-corrected chi connectivity index (χ1v) is 5.78. The van der Waals surface area contributed by atoms with E-state index in [9.17, 15) is 4.79 Å². The fraction of sp³-hybridized carbons (Fsp3) is 0.0714. The predicted octanol–water partition coefficient (Wildman–Crippen LogP) is 3.41. The van der Waals surface area contributed by atoms with Crippen LogP contribution in [0, 0.1) is 6.92 Å². The van der Waals surface area contributed by atoms with Gasteiger partial charge in [-0.3, -0.25) is 4.79 Å². The smallest absolute Gasteiger partial charge is 0.241 e. The Labute approximate surface area is 110 Å². The van der Waals surface area contributed by atoms with Gasteiger partial charge in [-0.05, 0) is 36.8 Å². The molecule has 0 saturated heterocycles. The van der Waals surface area contributed by atoms with Crippen molar-refractivity contribution in [1.29, 1.82) is 0 Å². The molecule has 0 aliphatic heterocycles. The monoisotopic (exact) mass is 261 g/mol. The lowest BCUT2D eigenvalue weighted by molar-refractivity contribution is -0.113. The molecule has 1 amide bonds. The summed E-state index contributed by atoms with van der Waals surface area (Å²) in [6.45, 7) is 1.94. The number of rotatable bonds is 3. The molecule has 0 radical (unpaired) electrons. The molecule has 1 heterocycles. The Morgan fingerprint density at radius 3 is 2.78 bits per heavy atom. The Morgan fingerprint density at radius 2 is 2.11 bits per heavy atom. The first-order chi connectivity index (χ1) is 8.56. The molecule has 2 N–H and O–H groups in total. The van der Waals surface area contributed by atoms with Crippen LogP contribution in [-0.4, -0.2) is 5.91 Å². The zero-order valence-corrected chi connectivity index (χ0v) is 10.6. The van der Waals surface area contributed by atoms with Crippen LogP contribution < -0.4 is 5.73 Å². The van der Waals surface area contributed by atoms with Crippen LogP contribution in [0.1, 0.15) is 11.3 Å². The van der Waals surface area contributed by atoms with Crippen LogP contribution in [0.2, 0.25) is 5.02 Å². The minimum Gasteiger partial charge on any atom is -0.457 e. The molecule has 0 atom stereocenters. The number of halogens is 1. The number of primary amides is 1. The van der Waals surface area contributed by atoms with Crippen LogP contribution >= 0.6 is 11.6 Å². The van der Waals surface area contributed by atoms with Gasteiger partial charge in [0.1, 0.15) is 11.5 Å². The Kier molecular flexibility index (Phi) is 3.53. The van der Waals surface area contributed by atoms with E-state index in [2.05, 4.69) is 0 Å². The zero-order chi connectivity index (χ0) is 13.1. The molecule has 0 bridgehead atoms. The highest BCUT2D eigenvalue weighted by molar-refractivity contribution is 6.31. The number of hydrogen-bond acceptors (Lipinski definition) is 2. The highest BCUT2D eigenvalue weighted by Crippen LogP contribution is 2.27. The number of amides is 1. The van der Waals surface area contributed by atoms with E-state index in [4.69, 9.17) is 21.8 Å². The SMILES string of the molecule is Cc1ccc(-c2ccc(/C=C\C(N)=O)o2)cc1Cl. The largest absolute Gasteiger partial charge is 0.457 e. The summed E-state index contributed by atoms with van der Waals surface area (Å²) in [6, 6.07) is 9.29. The highest BCUT2D eigenvalue weighted by atomic mass is 35.5. The molecule has 0 spiro atoms. The molecular weight excluding hydrogens is 250 g/mol. The van der Waals surface area contributed by atoms with Crippen LogP contribution in [-0.2, 0) is 4.79 Å². The molecule has 0 saturated carbocycles. The summed E-state index contributed by atoms with van der Waals surface area (Å²) in [7, 11) is 0. The van der Waals surface area contributed by atoms with Gasteiger partial charge in [0.05, 0.1) is 0 Å². The van der Waals surface area contributed by atoms with Crippen LogP contribution in [0.4, 0.5) is 0 Å². The van der Waals surface area contributed by atoms with Crippen molar-refractivity contribution < 1.29 is 9.21 Å². The number of hydrogen-bond donors (Lipinski definition) is 1. The second-order valence-electron chi connectivity index (χ2n) is 3.90. The lowest BCUT2D eigenvalue weighted by atomic mass is 10.1. The van der Waals surface area contributed by atoms with Gasteiger partial charge in [-0.1, -0.05) is 23.7 Å². The van der Waals surface area contributed by atoms with Gasteiger partial charge in [0.25, 0.3) is 0 Å². The van der Waals surface area contributed by atoms with Crippen molar-refractivity contribution in [2.24, 2.45) is 5.73 Å². The fourth-order valence-electron chi connectivity index (χ4n) is 1.51. The zero-order valence-electron chi connectivity index (χ0n) is 9.81. The van der Waals surface area contributed by atoms with Gasteiger partial charge in [-0.15, -0.1) is 0 Å². The van der Waals surface area contributed by atoms with Crippen molar-refractivity contribution in [2.75, 3.05) is 0 Å². The normalized spacial score (nSPS) is 11.0. The van der Waals surface area contributed by atoms with Crippen LogP contribution in [0.15, 0.2) is 40.8 Å². The van der Waals surface area contributed by atoms with Gasteiger partial charge < -0.3 is 10.2 Å². The van der Waals surface area contributed by atoms with Gasteiger partial charge in [0.2, 0.25) is 5.91 Å². The number of nitrogens with two attached hydrogens (primary N) is 1. The molecule has 92 valence electrons. The standard InChI is InChI=1S/C14H12ClNO2/c1-9-2-3-10(8-12(9)15)13-6-4-11(18-13)5-7-14(16)17/h2-8H,1H3,(H2,16,17)/b7-5-. The van der Waals surface area contributed by atoms with Gasteiger partial charge in [-0.25, -0.2) is 0 Å². The average molecular weight is 262 g/mol. The van der Waals surface area contributed by atoms with Crippen molar-refractivity contribution in [1.82, 2.24) is 0 Å². The van der Waals surface area contributed by atoms with E-state index in [1.54, 1.807) is 6.07 Å². The van der Waals surface area contributed by atoms with E-state index < -0.39 is 5.91 Å². The summed E-state index contributed by atoms with van der Waals surface area (Å²) in [4.78, 5) is 10.6. The number of aryl methyl sites for hydroxylation is 1. The maximum Gasteiger partial charge on any atom is 0.241 e. The molecule has 1 aromatic carbocycles. The lowest BCUT2D eigenvalue weighted by Gasteiger charge is -2.00. The minimum absolute atomic E-state index is 0.508. The Bertz CT molecular complexity index is 614. The summed E-state index contributed by atoms with van der Waals surface area (Å²) in [5.41, 5.74) is 6.92. The van der Waals surface area contributed by atoms with E-state index in [-0.39, 0.29) is 0 Å². The van der Waals surface area contributed by atoms with E-state index in [1.807, 2.05) is 31.2 Å². The second kappa shape index (κ2) is 5.10. The topological polar surface area (TPSA) is 56.2 Å². The van der Waals surface area contributed by atoms with E-state index in [0.717, 1.165) is 11.1 Å². The first-order valence-electron chi connectivity index (χ1n) is 5.40. The number of benzene rings is 1. The highest BCUT2D eigenvalue weighted by Gasteiger charge is 2.05. The summed E-state index contributed by atoms with van der Waals surface area (Å²) < 4.78 is 5.56. The average Bonchev–Trinajstić information content (AvgIpc) is 2.79. The Hall–Kier alpha value is -2.00. The maximum absolute atomic E-state index is 10.6. The van der Waals surface area contributed by atoms with E-state index in [0.29, 0.717) is 16.5 Å². The third-order valence-electron chi connectivity index (χ3n) is 2.49. The number of carbonyl (C=O) groups excluding carboxylic acids is 1. The predicted molar refractivity (Wildman–Crippen MR) is 72.1 cm³/mol. The van der Waals surface area contributed by atoms with E-state index >= 15 is 0 Å². The quantitative estimate of drug-likeness (QED) is 0.861. The van der Waals surface area contributed by atoms with Gasteiger partial charge in [0.15, 0.2) is 0 Å². The molecule has 4 heteroatoms. The molecule has 0 aliphatic rings. The first kappa shape index (κ1) is 12.5. The summed E-state index contributed by atoms with van der Waals surface area (Å²) in [6.07, 6.45) is 2.78. The van der Waals surface area contributed by atoms with Crippen molar-refractivity contribution in [3.05, 3.63) is 52.8 Å². The summed E-state index contributed by atoms with van der Waals surface area (Å²) >= 11 is 6.06. The van der Waals surface area contributed by atoms with Crippen LogP contribution in [0.3, 0.4) is 0 Å². The molecule has 2 aromatic rings. The maximum atomic E-state index is 10.6. The summed E-state index contributed by atoms with van der Waals surface area (Å²) in [5.74, 6) is 0.757.